The van der Waals surface area contributed by atoms with Crippen LogP contribution in [0.2, 0.25) is 5.15 Å². The quantitative estimate of drug-likeness (QED) is 0.744. The van der Waals surface area contributed by atoms with Gasteiger partial charge in [0.05, 0.1) is 5.75 Å². The van der Waals surface area contributed by atoms with Gasteiger partial charge in [0.2, 0.25) is 0 Å². The van der Waals surface area contributed by atoms with Gasteiger partial charge in [-0.1, -0.05) is 18.5 Å². The van der Waals surface area contributed by atoms with E-state index in [2.05, 4.69) is 9.97 Å². The summed E-state index contributed by atoms with van der Waals surface area (Å²) < 4.78 is 22.2. The minimum atomic E-state index is -2.98. The molecule has 1 rings (SSSR count). The van der Waals surface area contributed by atoms with Gasteiger partial charge in [0.15, 0.2) is 0 Å². The topological polar surface area (TPSA) is 63.2 Å². The lowest BCUT2D eigenvalue weighted by Gasteiger charge is -2.18. The van der Waals surface area contributed by atoms with Gasteiger partial charge >= 0.3 is 0 Å². The molecule has 0 spiro atoms. The highest BCUT2D eigenvalue weighted by molar-refractivity contribution is 7.90. The summed E-state index contributed by atoms with van der Waals surface area (Å²) in [6, 6.07) is 1.64. The van der Waals surface area contributed by atoms with Crippen molar-refractivity contribution in [2.75, 3.05) is 30.5 Å². The molecule has 0 aliphatic carbocycles. The molecule has 0 saturated carbocycles. The van der Waals surface area contributed by atoms with E-state index in [-0.39, 0.29) is 5.75 Å². The van der Waals surface area contributed by atoms with Crippen LogP contribution >= 0.6 is 11.6 Å². The maximum absolute atomic E-state index is 11.1. The number of halogens is 1. The number of anilines is 1. The Hall–Kier alpha value is -0.880. The first kappa shape index (κ1) is 15.2. The lowest BCUT2D eigenvalue weighted by molar-refractivity contribution is 0.601. The van der Waals surface area contributed by atoms with Crippen molar-refractivity contribution in [1.29, 1.82) is 0 Å². The number of rotatable bonds is 6. The number of aromatic nitrogens is 2. The van der Waals surface area contributed by atoms with Crippen LogP contribution in [0.3, 0.4) is 0 Å². The molecule has 0 bridgehead atoms. The fourth-order valence-electron chi connectivity index (χ4n) is 1.40. The van der Waals surface area contributed by atoms with Crippen LogP contribution < -0.4 is 4.90 Å². The van der Waals surface area contributed by atoms with Crippen LogP contribution in [0, 0.1) is 0 Å². The summed E-state index contributed by atoms with van der Waals surface area (Å²) in [6.45, 7) is 2.43. The zero-order valence-electron chi connectivity index (χ0n) is 10.9. The molecule has 1 aromatic heterocycles. The van der Waals surface area contributed by atoms with E-state index in [4.69, 9.17) is 11.6 Å². The van der Waals surface area contributed by atoms with Crippen molar-refractivity contribution in [3.05, 3.63) is 17.0 Å². The van der Waals surface area contributed by atoms with Gasteiger partial charge in [0, 0.05) is 32.3 Å². The molecule has 18 heavy (non-hydrogen) atoms. The van der Waals surface area contributed by atoms with E-state index in [0.29, 0.717) is 23.3 Å². The molecule has 5 nitrogen and oxygen atoms in total. The first-order chi connectivity index (χ1) is 8.31. The zero-order valence-corrected chi connectivity index (χ0v) is 12.4. The first-order valence-electron chi connectivity index (χ1n) is 5.74. The van der Waals surface area contributed by atoms with Gasteiger partial charge in [-0.25, -0.2) is 18.4 Å². The minimum absolute atomic E-state index is 0.0915. The van der Waals surface area contributed by atoms with Gasteiger partial charge in [-0.05, 0) is 6.42 Å². The number of sulfone groups is 1. The molecule has 0 aliphatic rings. The molecule has 1 aromatic rings. The second-order valence-electron chi connectivity index (χ2n) is 4.27. The Kier molecular flexibility index (Phi) is 5.34. The Balaban J connectivity index is 2.81. The van der Waals surface area contributed by atoms with Crippen LogP contribution in [0.4, 0.5) is 5.82 Å². The summed E-state index contributed by atoms with van der Waals surface area (Å²) >= 11 is 5.92. The lowest BCUT2D eigenvalue weighted by atomic mass is 10.3. The second kappa shape index (κ2) is 6.33. The van der Waals surface area contributed by atoms with Crippen molar-refractivity contribution < 1.29 is 8.42 Å². The maximum atomic E-state index is 11.1. The van der Waals surface area contributed by atoms with E-state index in [1.807, 2.05) is 6.92 Å². The number of nitrogens with zero attached hydrogens (tertiary/aromatic N) is 3. The average Bonchev–Trinajstić information content (AvgIpc) is 2.24. The summed E-state index contributed by atoms with van der Waals surface area (Å²) in [4.78, 5) is 10.3. The molecule has 7 heteroatoms. The summed E-state index contributed by atoms with van der Waals surface area (Å²) in [5.41, 5.74) is 0. The third-order valence-electron chi connectivity index (χ3n) is 2.39. The number of aryl methyl sites for hydroxylation is 1. The predicted molar refractivity (Wildman–Crippen MR) is 74.0 cm³/mol. The van der Waals surface area contributed by atoms with Crippen molar-refractivity contribution in [2.45, 2.75) is 19.8 Å². The van der Waals surface area contributed by atoms with Gasteiger partial charge in [0.25, 0.3) is 0 Å². The van der Waals surface area contributed by atoms with Crippen LogP contribution in [-0.4, -0.2) is 44.0 Å². The zero-order chi connectivity index (χ0) is 13.8. The predicted octanol–water partition coefficient (Wildman–Crippen LogP) is 1.56. The fourth-order valence-corrected chi connectivity index (χ4v) is 2.20. The molecular formula is C11H18ClN3O2S. The normalized spacial score (nSPS) is 11.6. The fraction of sp³-hybridized carbons (Fsp3) is 0.636. The third-order valence-corrected chi connectivity index (χ3v) is 3.51. The second-order valence-corrected chi connectivity index (χ2v) is 6.91. The van der Waals surface area contributed by atoms with Crippen molar-refractivity contribution >= 4 is 27.3 Å². The summed E-state index contributed by atoms with van der Waals surface area (Å²) in [7, 11) is -1.18. The third kappa shape index (κ3) is 5.18. The van der Waals surface area contributed by atoms with E-state index in [0.717, 1.165) is 12.8 Å². The molecule has 0 fully saturated rings. The highest BCUT2D eigenvalue weighted by Gasteiger charge is 2.10. The molecule has 0 amide bonds. The van der Waals surface area contributed by atoms with E-state index in [1.165, 1.54) is 6.26 Å². The number of hydrogen-bond donors (Lipinski definition) is 0. The van der Waals surface area contributed by atoms with Crippen LogP contribution in [-0.2, 0) is 16.3 Å². The maximum Gasteiger partial charge on any atom is 0.149 e. The van der Waals surface area contributed by atoms with Crippen molar-refractivity contribution in [2.24, 2.45) is 0 Å². The summed E-state index contributed by atoms with van der Waals surface area (Å²) in [5, 5.41) is 0.384. The molecule has 0 unspecified atom stereocenters. The molecular weight excluding hydrogens is 274 g/mol. The number of hydrogen-bond acceptors (Lipinski definition) is 5. The van der Waals surface area contributed by atoms with Crippen molar-refractivity contribution in [3.63, 3.8) is 0 Å². The molecule has 102 valence electrons. The SMILES string of the molecule is CCCc1nc(Cl)cc(N(C)CCS(C)(=O)=O)n1. The van der Waals surface area contributed by atoms with Crippen LogP contribution in [0.1, 0.15) is 19.2 Å². The molecule has 0 aliphatic heterocycles. The molecule has 0 radical (unpaired) electrons. The molecule has 0 saturated heterocycles. The van der Waals surface area contributed by atoms with Crippen LogP contribution in [0.15, 0.2) is 6.07 Å². The minimum Gasteiger partial charge on any atom is -0.359 e. The summed E-state index contributed by atoms with van der Waals surface area (Å²) in [6.07, 6.45) is 2.91. The standard InChI is InChI=1S/C11H18ClN3O2S/c1-4-5-10-13-9(12)8-11(14-10)15(2)6-7-18(3,16)17/h8H,4-7H2,1-3H3. The first-order valence-corrected chi connectivity index (χ1v) is 8.18. The average molecular weight is 292 g/mol. The Labute approximate surface area is 113 Å². The van der Waals surface area contributed by atoms with Crippen molar-refractivity contribution in [1.82, 2.24) is 9.97 Å². The van der Waals surface area contributed by atoms with E-state index < -0.39 is 9.84 Å². The largest absolute Gasteiger partial charge is 0.359 e. The Morgan fingerprint density at radius 2 is 2.06 bits per heavy atom. The van der Waals surface area contributed by atoms with E-state index in [1.54, 1.807) is 18.0 Å². The summed E-state index contributed by atoms with van der Waals surface area (Å²) in [5.74, 6) is 1.43. The van der Waals surface area contributed by atoms with Gasteiger partial charge in [0.1, 0.15) is 26.6 Å². The Morgan fingerprint density at radius 3 is 2.61 bits per heavy atom. The van der Waals surface area contributed by atoms with Crippen molar-refractivity contribution in [3.8, 4) is 0 Å². The molecule has 0 N–H and O–H groups in total. The van der Waals surface area contributed by atoms with E-state index in [9.17, 15) is 8.42 Å². The molecule has 0 atom stereocenters. The van der Waals surface area contributed by atoms with Crippen LogP contribution in [0.5, 0.6) is 0 Å². The molecule has 1 heterocycles. The van der Waals surface area contributed by atoms with Gasteiger partial charge < -0.3 is 4.90 Å². The monoisotopic (exact) mass is 291 g/mol. The van der Waals surface area contributed by atoms with E-state index >= 15 is 0 Å². The highest BCUT2D eigenvalue weighted by atomic mass is 35.5. The lowest BCUT2D eigenvalue weighted by Crippen LogP contribution is -2.26. The Morgan fingerprint density at radius 1 is 1.39 bits per heavy atom. The van der Waals surface area contributed by atoms with Gasteiger partial charge in [-0.15, -0.1) is 0 Å². The smallest absolute Gasteiger partial charge is 0.149 e. The van der Waals surface area contributed by atoms with Gasteiger partial charge in [-0.3, -0.25) is 0 Å². The highest BCUT2D eigenvalue weighted by Crippen LogP contribution is 2.15. The van der Waals surface area contributed by atoms with Gasteiger partial charge in [-0.2, -0.15) is 0 Å². The Bertz CT molecular complexity index is 505. The molecule has 0 aromatic carbocycles. The van der Waals surface area contributed by atoms with Crippen LogP contribution in [0.25, 0.3) is 0 Å².